The van der Waals surface area contributed by atoms with Gasteiger partial charge in [-0.3, -0.25) is 0 Å². The van der Waals surface area contributed by atoms with E-state index in [4.69, 9.17) is 4.74 Å². The minimum Gasteiger partial charge on any atom is -0.497 e. The lowest BCUT2D eigenvalue weighted by Gasteiger charge is -2.03. The van der Waals surface area contributed by atoms with Gasteiger partial charge in [0.1, 0.15) is 5.76 Å². The summed E-state index contributed by atoms with van der Waals surface area (Å²) >= 11 is 0. The monoisotopic (exact) mass is 238 g/mol. The Morgan fingerprint density at radius 1 is 1.41 bits per heavy atom. The van der Waals surface area contributed by atoms with Crippen molar-refractivity contribution in [1.82, 2.24) is 10.6 Å². The molecule has 0 aromatic heterocycles. The number of hydrogen-bond acceptors (Lipinski definition) is 2. The van der Waals surface area contributed by atoms with E-state index < -0.39 is 0 Å². The van der Waals surface area contributed by atoms with E-state index in [0.29, 0.717) is 12.3 Å². The van der Waals surface area contributed by atoms with E-state index in [1.54, 1.807) is 19.4 Å². The first-order chi connectivity index (χ1) is 8.24. The Labute approximate surface area is 103 Å². The molecule has 2 amide bonds. The van der Waals surface area contributed by atoms with Crippen molar-refractivity contribution in [1.29, 1.82) is 0 Å². The van der Waals surface area contributed by atoms with Gasteiger partial charge in [0, 0.05) is 12.7 Å². The van der Waals surface area contributed by atoms with E-state index in [2.05, 4.69) is 17.6 Å². The normalized spacial score (nSPS) is 12.1. The summed E-state index contributed by atoms with van der Waals surface area (Å²) in [7, 11) is 1.58. The molecule has 96 valence electrons. The van der Waals surface area contributed by atoms with Crippen LogP contribution in [0.4, 0.5) is 4.79 Å². The molecule has 0 spiro atoms. The third kappa shape index (κ3) is 9.23. The Morgan fingerprint density at radius 2 is 2.18 bits per heavy atom. The topological polar surface area (TPSA) is 50.4 Å². The molecule has 0 saturated heterocycles. The molecular weight excluding hydrogens is 216 g/mol. The highest BCUT2D eigenvalue weighted by molar-refractivity contribution is 5.74. The first-order valence-electron chi connectivity index (χ1n) is 5.82. The summed E-state index contributed by atoms with van der Waals surface area (Å²) in [6.45, 7) is 4.70. The number of nitrogens with one attached hydrogen (secondary N) is 2. The van der Waals surface area contributed by atoms with E-state index in [-0.39, 0.29) is 6.03 Å². The fourth-order valence-corrected chi connectivity index (χ4v) is 1.01. The Morgan fingerprint density at radius 3 is 2.76 bits per heavy atom. The van der Waals surface area contributed by atoms with Crippen LogP contribution in [0.25, 0.3) is 0 Å². The zero-order valence-electron chi connectivity index (χ0n) is 10.8. The number of carbonyl (C=O) groups excluding carboxylic acids is 1. The lowest BCUT2D eigenvalue weighted by Crippen LogP contribution is -2.32. The van der Waals surface area contributed by atoms with Crippen LogP contribution in [0.15, 0.2) is 36.3 Å². The third-order valence-electron chi connectivity index (χ3n) is 1.97. The number of allylic oxidation sites excluding steroid dienone is 4. The summed E-state index contributed by atoms with van der Waals surface area (Å²) in [5.74, 6) is 0.678. The number of amides is 2. The molecule has 4 nitrogen and oxygen atoms in total. The molecule has 0 aromatic rings. The maximum atomic E-state index is 11.3. The molecule has 0 rings (SSSR count). The van der Waals surface area contributed by atoms with Gasteiger partial charge in [-0.1, -0.05) is 25.5 Å². The number of ether oxygens (including phenoxy) is 1. The molecule has 0 unspecified atom stereocenters. The summed E-state index contributed by atoms with van der Waals surface area (Å²) in [6.07, 6.45) is 10.9. The van der Waals surface area contributed by atoms with E-state index >= 15 is 0 Å². The number of unbranched alkanes of at least 4 members (excludes halogenated alkanes) is 1. The number of hydrogen-bond donors (Lipinski definition) is 2. The first kappa shape index (κ1) is 15.3. The average molecular weight is 238 g/mol. The van der Waals surface area contributed by atoms with Crippen molar-refractivity contribution in [2.24, 2.45) is 0 Å². The van der Waals surface area contributed by atoms with Crippen molar-refractivity contribution in [3.8, 4) is 0 Å². The molecule has 0 bridgehead atoms. The van der Waals surface area contributed by atoms with Crippen molar-refractivity contribution in [2.75, 3.05) is 13.7 Å². The zero-order chi connectivity index (χ0) is 12.9. The largest absolute Gasteiger partial charge is 0.497 e. The quantitative estimate of drug-likeness (QED) is 0.407. The minimum atomic E-state index is -0.198. The molecule has 0 aliphatic rings. The van der Waals surface area contributed by atoms with Crippen LogP contribution in [-0.4, -0.2) is 19.7 Å². The molecule has 0 fully saturated rings. The first-order valence-corrected chi connectivity index (χ1v) is 5.82. The van der Waals surface area contributed by atoms with Gasteiger partial charge < -0.3 is 15.4 Å². The molecule has 2 N–H and O–H groups in total. The maximum absolute atomic E-state index is 11.3. The van der Waals surface area contributed by atoms with Gasteiger partial charge in [0.2, 0.25) is 0 Å². The van der Waals surface area contributed by atoms with Crippen molar-refractivity contribution >= 4 is 6.03 Å². The fraction of sp³-hybridized carbons (Fsp3) is 0.462. The van der Waals surface area contributed by atoms with Crippen LogP contribution in [0.5, 0.6) is 0 Å². The van der Waals surface area contributed by atoms with Crippen LogP contribution < -0.4 is 10.6 Å². The second-order valence-corrected chi connectivity index (χ2v) is 3.39. The second kappa shape index (κ2) is 10.8. The van der Waals surface area contributed by atoms with Gasteiger partial charge >= 0.3 is 6.03 Å². The van der Waals surface area contributed by atoms with Gasteiger partial charge in [0.05, 0.1) is 7.11 Å². The van der Waals surface area contributed by atoms with E-state index in [1.165, 1.54) is 0 Å². The van der Waals surface area contributed by atoms with Crippen LogP contribution in [0.1, 0.15) is 26.7 Å². The van der Waals surface area contributed by atoms with E-state index in [1.807, 2.05) is 25.2 Å². The molecule has 0 saturated carbocycles. The second-order valence-electron chi connectivity index (χ2n) is 3.39. The number of methoxy groups -OCH3 is 1. The van der Waals surface area contributed by atoms with Gasteiger partial charge in [-0.15, -0.1) is 0 Å². The summed E-state index contributed by atoms with van der Waals surface area (Å²) in [4.78, 5) is 11.3. The highest BCUT2D eigenvalue weighted by Crippen LogP contribution is 1.97. The molecule has 0 aromatic carbocycles. The summed E-state index contributed by atoms with van der Waals surface area (Å²) in [5, 5.41) is 5.35. The van der Waals surface area contributed by atoms with Gasteiger partial charge in [-0.05, 0) is 25.5 Å². The lowest BCUT2D eigenvalue weighted by atomic mass is 10.3. The summed E-state index contributed by atoms with van der Waals surface area (Å²) in [6, 6.07) is -0.198. The number of carbonyl (C=O) groups is 1. The highest BCUT2D eigenvalue weighted by Gasteiger charge is 1.94. The van der Waals surface area contributed by atoms with Crippen molar-refractivity contribution in [3.05, 3.63) is 36.3 Å². The van der Waals surface area contributed by atoms with Gasteiger partial charge in [0.15, 0.2) is 0 Å². The minimum absolute atomic E-state index is 0.198. The predicted molar refractivity (Wildman–Crippen MR) is 70.5 cm³/mol. The molecule has 17 heavy (non-hydrogen) atoms. The van der Waals surface area contributed by atoms with Crippen LogP contribution in [0, 0.1) is 0 Å². The SMILES string of the molecule is C\C=C/C=C(\C=C\NC(=O)NCCCC)OC. The summed E-state index contributed by atoms with van der Waals surface area (Å²) in [5.41, 5.74) is 0. The highest BCUT2D eigenvalue weighted by atomic mass is 16.5. The molecule has 0 heterocycles. The standard InChI is InChI=1S/C13H22N2O2/c1-4-6-8-12(17-3)9-11-15-13(16)14-10-7-5-2/h4,6,8-9,11H,5,7,10H2,1-3H3,(H2,14,15,16)/b6-4-,11-9+,12-8+. The molecule has 0 atom stereocenters. The third-order valence-corrected chi connectivity index (χ3v) is 1.97. The Kier molecular flexibility index (Phi) is 9.71. The zero-order valence-corrected chi connectivity index (χ0v) is 10.8. The van der Waals surface area contributed by atoms with Gasteiger partial charge in [0.25, 0.3) is 0 Å². The number of urea groups is 1. The fourth-order valence-electron chi connectivity index (χ4n) is 1.01. The van der Waals surface area contributed by atoms with Crippen molar-refractivity contribution < 1.29 is 9.53 Å². The Bertz CT molecular complexity index is 294. The molecular formula is C13H22N2O2. The van der Waals surface area contributed by atoms with Crippen molar-refractivity contribution in [3.63, 3.8) is 0 Å². The molecule has 0 aliphatic heterocycles. The maximum Gasteiger partial charge on any atom is 0.318 e. The lowest BCUT2D eigenvalue weighted by molar-refractivity contribution is 0.244. The summed E-state index contributed by atoms with van der Waals surface area (Å²) < 4.78 is 5.08. The molecule has 0 radical (unpaired) electrons. The number of rotatable bonds is 7. The van der Waals surface area contributed by atoms with Crippen LogP contribution >= 0.6 is 0 Å². The predicted octanol–water partition coefficient (Wildman–Crippen LogP) is 2.71. The van der Waals surface area contributed by atoms with Gasteiger partial charge in [-0.2, -0.15) is 0 Å². The average Bonchev–Trinajstić information content (AvgIpc) is 2.34. The molecule has 4 heteroatoms. The Hall–Kier alpha value is -1.71. The Balaban J connectivity index is 3.95. The van der Waals surface area contributed by atoms with Crippen molar-refractivity contribution in [2.45, 2.75) is 26.7 Å². The van der Waals surface area contributed by atoms with Crippen LogP contribution in [0.3, 0.4) is 0 Å². The van der Waals surface area contributed by atoms with Gasteiger partial charge in [-0.25, -0.2) is 4.79 Å². The van der Waals surface area contributed by atoms with E-state index in [9.17, 15) is 4.79 Å². The smallest absolute Gasteiger partial charge is 0.318 e. The van der Waals surface area contributed by atoms with Crippen LogP contribution in [-0.2, 0) is 4.74 Å². The molecule has 0 aliphatic carbocycles. The van der Waals surface area contributed by atoms with E-state index in [0.717, 1.165) is 12.8 Å². The van der Waals surface area contributed by atoms with Crippen LogP contribution in [0.2, 0.25) is 0 Å².